The van der Waals surface area contributed by atoms with Gasteiger partial charge in [-0.05, 0) is 68.4 Å². The van der Waals surface area contributed by atoms with Crippen LogP contribution < -0.4 is 18.9 Å². The van der Waals surface area contributed by atoms with Crippen LogP contribution in [0.1, 0.15) is 43.5 Å². The molecule has 1 aliphatic heterocycles. The van der Waals surface area contributed by atoms with Gasteiger partial charge in [0.1, 0.15) is 16.2 Å². The third-order valence-corrected chi connectivity index (χ3v) is 13.4. The highest BCUT2D eigenvalue weighted by Crippen LogP contribution is 2.50. The Morgan fingerprint density at radius 3 is 2.18 bits per heavy atom. The molecule has 0 saturated heterocycles. The zero-order chi connectivity index (χ0) is 37.2. The molecule has 0 saturated carbocycles. The van der Waals surface area contributed by atoms with Gasteiger partial charge in [-0.3, -0.25) is 9.11 Å². The largest absolute Gasteiger partial charge is 0.496 e. The second-order valence-electron chi connectivity index (χ2n) is 11.6. The molecule has 1 aromatic heterocycles. The van der Waals surface area contributed by atoms with E-state index < -0.39 is 20.2 Å². The summed E-state index contributed by atoms with van der Waals surface area (Å²) in [4.78, 5) is 5.22. The zero-order valence-corrected chi connectivity index (χ0v) is 33.9. The van der Waals surface area contributed by atoms with Gasteiger partial charge in [-0.15, -0.1) is 23.5 Å². The van der Waals surface area contributed by atoms with Crippen molar-refractivity contribution in [2.24, 2.45) is 0 Å². The fourth-order valence-corrected chi connectivity index (χ4v) is 10.2. The van der Waals surface area contributed by atoms with Gasteiger partial charge in [0.15, 0.2) is 6.54 Å². The maximum absolute atomic E-state index is 11.3. The number of aromatic nitrogens is 1. The number of aliphatic hydroxyl groups excluding tert-OH is 1. The first kappa shape index (κ1) is 41.5. The highest BCUT2D eigenvalue weighted by Gasteiger charge is 2.27. The summed E-state index contributed by atoms with van der Waals surface area (Å²) in [5, 5.41) is 11.6. The van der Waals surface area contributed by atoms with Crippen LogP contribution in [0.4, 0.5) is 5.69 Å². The van der Waals surface area contributed by atoms with E-state index in [1.54, 1.807) is 60.8 Å². The summed E-state index contributed by atoms with van der Waals surface area (Å²) in [6.07, 6.45) is 15.1. The van der Waals surface area contributed by atoms with Gasteiger partial charge < -0.3 is 19.5 Å². The average Bonchev–Trinajstić information content (AvgIpc) is 3.61. The van der Waals surface area contributed by atoms with Gasteiger partial charge >= 0.3 is 0 Å². The van der Waals surface area contributed by atoms with Crippen LogP contribution in [0.15, 0.2) is 67.8 Å². The zero-order valence-electron chi connectivity index (χ0n) is 29.0. The quantitative estimate of drug-likeness (QED) is 0.0348. The second-order valence-corrected chi connectivity index (χ2v) is 18.6. The molecule has 0 spiro atoms. The number of aryl methyl sites for hydroxylation is 1. The summed E-state index contributed by atoms with van der Waals surface area (Å²) in [6.45, 7) is 1.12. The molecular weight excluding hydrogens is 773 g/mol. The first-order chi connectivity index (χ1) is 24.3. The van der Waals surface area contributed by atoms with E-state index in [4.69, 9.17) is 9.47 Å². The molecule has 0 bridgehead atoms. The van der Waals surface area contributed by atoms with Gasteiger partial charge in [0, 0.05) is 36.6 Å². The molecular formula is C34H45N2O9S6+. The number of fused-ring (bicyclic) bond motifs is 2. The first-order valence-corrected chi connectivity index (χ1v) is 23.5. The number of nitrogens with zero attached hydrogens (tertiary/aromatic N) is 2. The molecule has 4 rings (SSSR count). The predicted octanol–water partition coefficient (Wildman–Crippen LogP) is 7.15. The van der Waals surface area contributed by atoms with E-state index in [1.165, 1.54) is 0 Å². The molecule has 3 aromatic rings. The molecule has 0 radical (unpaired) electrons. The number of ether oxygens (including phenoxy) is 2. The number of methoxy groups -OCH3 is 2. The van der Waals surface area contributed by atoms with Crippen molar-refractivity contribution < 1.29 is 45.1 Å². The van der Waals surface area contributed by atoms with Gasteiger partial charge in [0.25, 0.3) is 25.2 Å². The molecule has 0 aliphatic carbocycles. The molecule has 0 amide bonds. The topological polar surface area (TPSA) is 155 Å². The smallest absolute Gasteiger partial charge is 0.264 e. The van der Waals surface area contributed by atoms with Crippen molar-refractivity contribution in [2.75, 3.05) is 56.3 Å². The van der Waals surface area contributed by atoms with Crippen molar-refractivity contribution >= 4 is 88.8 Å². The molecule has 280 valence electrons. The molecule has 2 heterocycles. The summed E-state index contributed by atoms with van der Waals surface area (Å²) < 4.78 is 78.3. The van der Waals surface area contributed by atoms with E-state index in [-0.39, 0.29) is 18.1 Å². The van der Waals surface area contributed by atoms with Crippen molar-refractivity contribution in [3.63, 3.8) is 0 Å². The SMILES string of the molecule is COc1cc2c(cc1SC)SC(=CC=C(C=Cc1sc3cc(SC)c(OC)cc3[n+]1CCCCS(=O)(=O)O)CCCO)N2CCCCS(=O)(=O)O. The normalized spacial score (nSPS) is 14.7. The lowest BCUT2D eigenvalue weighted by atomic mass is 10.1. The minimum Gasteiger partial charge on any atom is -0.496 e. The number of hydrogen-bond donors (Lipinski definition) is 3. The standard InChI is InChI=1S/C34H44N2O9S6/c1-44-27-20-25-29(22-31(27)46-3)48-33(35(25)15-5-7-18-50(38,39)40)13-11-24(10-9-17-37)12-14-34-36(16-6-8-19-51(41,42)43)26-21-28(45-2)32(47-4)23-30(26)49-34/h11-14,20-23,37H,5-10,15-19H2,1-4H3,(H-,38,39,40,41,42,43)/p+1. The van der Waals surface area contributed by atoms with E-state index in [2.05, 4.69) is 21.6 Å². The first-order valence-electron chi connectivity index (χ1n) is 16.2. The summed E-state index contributed by atoms with van der Waals surface area (Å²) in [5.74, 6) is 0.915. The number of aliphatic hydroxyl groups is 1. The number of hydrogen-bond acceptors (Lipinski definition) is 12. The Bertz CT molecular complexity index is 1990. The Balaban J connectivity index is 1.70. The highest BCUT2D eigenvalue weighted by atomic mass is 32.2. The van der Waals surface area contributed by atoms with E-state index in [0.29, 0.717) is 51.6 Å². The minimum atomic E-state index is -4.05. The summed E-state index contributed by atoms with van der Waals surface area (Å²) >= 11 is 6.43. The van der Waals surface area contributed by atoms with Gasteiger partial charge in [0.2, 0.25) is 5.52 Å². The number of allylic oxidation sites excluding steroid dienone is 4. The molecule has 0 fully saturated rings. The van der Waals surface area contributed by atoms with Crippen molar-refractivity contribution in [3.8, 4) is 11.5 Å². The van der Waals surface area contributed by atoms with Crippen LogP contribution in [0, 0.1) is 0 Å². The lowest BCUT2D eigenvalue weighted by Crippen LogP contribution is -2.35. The van der Waals surface area contributed by atoms with Crippen molar-refractivity contribution in [1.82, 2.24) is 0 Å². The Morgan fingerprint density at radius 1 is 0.902 bits per heavy atom. The molecule has 2 aromatic carbocycles. The van der Waals surface area contributed by atoms with Crippen molar-refractivity contribution in [2.45, 2.75) is 59.8 Å². The van der Waals surface area contributed by atoms with Crippen molar-refractivity contribution in [1.29, 1.82) is 0 Å². The molecule has 0 atom stereocenters. The monoisotopic (exact) mass is 817 g/mol. The van der Waals surface area contributed by atoms with Crippen LogP contribution in [0.2, 0.25) is 0 Å². The van der Waals surface area contributed by atoms with Crippen molar-refractivity contribution in [3.05, 3.63) is 58.1 Å². The third-order valence-electron chi connectivity index (χ3n) is 8.04. The summed E-state index contributed by atoms with van der Waals surface area (Å²) in [7, 11) is -4.82. The Morgan fingerprint density at radius 2 is 1.55 bits per heavy atom. The second kappa shape index (κ2) is 19.2. The van der Waals surface area contributed by atoms with E-state index in [0.717, 1.165) is 57.7 Å². The lowest BCUT2D eigenvalue weighted by molar-refractivity contribution is -0.669. The number of thioether (sulfide) groups is 3. The van der Waals surface area contributed by atoms with Crippen LogP contribution in [0.3, 0.4) is 0 Å². The molecule has 51 heavy (non-hydrogen) atoms. The fraction of sp³-hybridized carbons (Fsp3) is 0.441. The van der Waals surface area contributed by atoms with Gasteiger partial charge in [-0.1, -0.05) is 35.3 Å². The number of rotatable bonds is 20. The molecule has 3 N–H and O–H groups in total. The predicted molar refractivity (Wildman–Crippen MR) is 211 cm³/mol. The third kappa shape index (κ3) is 11.9. The Hall–Kier alpha value is -2.22. The fourth-order valence-electron chi connectivity index (χ4n) is 5.54. The minimum absolute atomic E-state index is 0.0347. The molecule has 17 heteroatoms. The van der Waals surface area contributed by atoms with Crippen LogP contribution in [-0.2, 0) is 26.8 Å². The molecule has 11 nitrogen and oxygen atoms in total. The lowest BCUT2D eigenvalue weighted by Gasteiger charge is -2.21. The highest BCUT2D eigenvalue weighted by molar-refractivity contribution is 8.03. The number of unbranched alkanes of at least 4 members (excludes halogenated alkanes) is 2. The van der Waals surface area contributed by atoms with Gasteiger partial charge in [-0.2, -0.15) is 21.4 Å². The maximum atomic E-state index is 11.3. The molecule has 0 unspecified atom stereocenters. The van der Waals surface area contributed by atoms with Crippen LogP contribution >= 0.6 is 46.6 Å². The van der Waals surface area contributed by atoms with Crippen LogP contribution in [0.5, 0.6) is 11.5 Å². The average molecular weight is 818 g/mol. The van der Waals surface area contributed by atoms with Crippen LogP contribution in [0.25, 0.3) is 16.3 Å². The van der Waals surface area contributed by atoms with E-state index in [1.807, 2.05) is 48.9 Å². The number of thiazole rings is 1. The van der Waals surface area contributed by atoms with E-state index >= 15 is 0 Å². The summed E-state index contributed by atoms with van der Waals surface area (Å²) in [6, 6.07) is 8.20. The van der Waals surface area contributed by atoms with Gasteiger partial charge in [-0.25, -0.2) is 0 Å². The molecule has 1 aliphatic rings. The number of anilines is 1. The Kier molecular flexibility index (Phi) is 15.6. The van der Waals surface area contributed by atoms with E-state index in [9.17, 15) is 31.0 Å². The van der Waals surface area contributed by atoms with Crippen LogP contribution in [-0.4, -0.2) is 82.4 Å². The Labute approximate surface area is 317 Å². The summed E-state index contributed by atoms with van der Waals surface area (Å²) in [5.41, 5.74) is 2.92. The maximum Gasteiger partial charge on any atom is 0.264 e. The van der Waals surface area contributed by atoms with Gasteiger partial charge in [0.05, 0.1) is 52.3 Å². The number of benzene rings is 2.